The number of anilines is 1. The summed E-state index contributed by atoms with van der Waals surface area (Å²) in [6.07, 6.45) is 4.30. The third kappa shape index (κ3) is 5.02. The average Bonchev–Trinajstić information content (AvgIpc) is 3.28. The monoisotopic (exact) mass is 451 g/mol. The van der Waals surface area contributed by atoms with Crippen LogP contribution in [0.2, 0.25) is 0 Å². The third-order valence-corrected chi connectivity index (χ3v) is 6.58. The van der Waals surface area contributed by atoms with E-state index in [-0.39, 0.29) is 18.4 Å². The highest BCUT2D eigenvalue weighted by Gasteiger charge is 2.33. The lowest BCUT2D eigenvalue weighted by Crippen LogP contribution is -2.36. The van der Waals surface area contributed by atoms with Crippen LogP contribution in [0.4, 0.5) is 5.13 Å². The van der Waals surface area contributed by atoms with Gasteiger partial charge in [-0.3, -0.25) is 14.5 Å². The number of rotatable bonds is 6. The van der Waals surface area contributed by atoms with Crippen LogP contribution in [-0.2, 0) is 16.0 Å². The topological polar surface area (TPSA) is 62.3 Å². The van der Waals surface area contributed by atoms with Crippen molar-refractivity contribution in [3.8, 4) is 0 Å². The van der Waals surface area contributed by atoms with Gasteiger partial charge >= 0.3 is 0 Å². The van der Waals surface area contributed by atoms with Gasteiger partial charge in [-0.25, -0.2) is 4.98 Å². The zero-order chi connectivity index (χ0) is 20.9. The molecule has 2 heterocycles. The summed E-state index contributed by atoms with van der Waals surface area (Å²) >= 11 is 7.93. The molecule has 1 N–H and O–H groups in total. The fourth-order valence-corrected chi connectivity index (χ4v) is 5.00. The zero-order valence-electron chi connectivity index (χ0n) is 15.8. The number of nitrogens with zero attached hydrogens (tertiary/aromatic N) is 2. The molecule has 5 nitrogen and oxygen atoms in total. The highest BCUT2D eigenvalue weighted by Crippen LogP contribution is 2.32. The number of thioether (sulfide) groups is 1. The minimum absolute atomic E-state index is 0.135. The van der Waals surface area contributed by atoms with Gasteiger partial charge in [-0.15, -0.1) is 11.3 Å². The molecular formula is C22H17N3O2S3. The second-order valence-electron chi connectivity index (χ2n) is 6.52. The Morgan fingerprint density at radius 1 is 1.10 bits per heavy atom. The van der Waals surface area contributed by atoms with E-state index in [1.165, 1.54) is 33.6 Å². The predicted molar refractivity (Wildman–Crippen MR) is 126 cm³/mol. The molecule has 150 valence electrons. The second kappa shape index (κ2) is 9.34. The van der Waals surface area contributed by atoms with E-state index in [2.05, 4.69) is 22.4 Å². The Bertz CT molecular complexity index is 1110. The lowest BCUT2D eigenvalue weighted by molar-refractivity contribution is -0.126. The Hall–Kier alpha value is -2.81. The van der Waals surface area contributed by atoms with Crippen molar-refractivity contribution >= 4 is 62.7 Å². The molecule has 0 spiro atoms. The number of thiazole rings is 1. The minimum Gasteiger partial charge on any atom is -0.300 e. The molecule has 3 aromatic rings. The van der Waals surface area contributed by atoms with Gasteiger partial charge in [0.05, 0.1) is 4.91 Å². The summed E-state index contributed by atoms with van der Waals surface area (Å²) < 4.78 is 0.376. The molecule has 0 unspecified atom stereocenters. The van der Waals surface area contributed by atoms with E-state index in [9.17, 15) is 9.59 Å². The normalized spacial score (nSPS) is 15.1. The summed E-state index contributed by atoms with van der Waals surface area (Å²) in [5.74, 6) is -0.583. The van der Waals surface area contributed by atoms with Crippen molar-refractivity contribution in [3.05, 3.63) is 87.8 Å². The van der Waals surface area contributed by atoms with Crippen LogP contribution < -0.4 is 5.32 Å². The predicted octanol–water partition coefficient (Wildman–Crippen LogP) is 4.57. The van der Waals surface area contributed by atoms with Gasteiger partial charge in [-0.1, -0.05) is 84.6 Å². The molecule has 1 aliphatic heterocycles. The van der Waals surface area contributed by atoms with Crippen LogP contribution in [0.1, 0.15) is 16.0 Å². The molecule has 0 bridgehead atoms. The zero-order valence-corrected chi connectivity index (χ0v) is 18.2. The quantitative estimate of drug-likeness (QED) is 0.439. The molecular weight excluding hydrogens is 434 g/mol. The van der Waals surface area contributed by atoms with Gasteiger partial charge in [0.2, 0.25) is 5.91 Å². The van der Waals surface area contributed by atoms with Crippen LogP contribution in [0.3, 0.4) is 0 Å². The second-order valence-corrected chi connectivity index (χ2v) is 9.31. The largest absolute Gasteiger partial charge is 0.300 e. The maximum absolute atomic E-state index is 12.7. The van der Waals surface area contributed by atoms with E-state index < -0.39 is 0 Å². The van der Waals surface area contributed by atoms with Crippen LogP contribution in [0.5, 0.6) is 0 Å². The molecule has 0 aliphatic carbocycles. The SMILES string of the molecule is O=C(CN1C(=O)/C(=C\c2ccccc2)SC1=S)Nc1ncc(Cc2ccccc2)s1. The number of carbonyl (C=O) groups excluding carboxylic acids is 2. The van der Waals surface area contributed by atoms with Gasteiger partial charge in [-0.05, 0) is 17.2 Å². The van der Waals surface area contributed by atoms with Gasteiger partial charge in [0, 0.05) is 17.5 Å². The molecule has 2 aromatic carbocycles. The molecule has 0 radical (unpaired) electrons. The summed E-state index contributed by atoms with van der Waals surface area (Å²) in [7, 11) is 0. The summed E-state index contributed by atoms with van der Waals surface area (Å²) in [5, 5.41) is 3.28. The Balaban J connectivity index is 1.37. The van der Waals surface area contributed by atoms with E-state index in [1.54, 1.807) is 12.3 Å². The first-order chi connectivity index (χ1) is 14.6. The summed E-state index contributed by atoms with van der Waals surface area (Å²) in [5.41, 5.74) is 2.10. The van der Waals surface area contributed by atoms with Crippen LogP contribution in [0, 0.1) is 0 Å². The highest BCUT2D eigenvalue weighted by atomic mass is 32.2. The van der Waals surface area contributed by atoms with E-state index in [0.29, 0.717) is 14.4 Å². The molecule has 1 aromatic heterocycles. The van der Waals surface area contributed by atoms with Crippen molar-refractivity contribution in [1.82, 2.24) is 9.88 Å². The molecule has 1 saturated heterocycles. The van der Waals surface area contributed by atoms with Crippen molar-refractivity contribution in [2.75, 3.05) is 11.9 Å². The number of amides is 2. The van der Waals surface area contributed by atoms with Crippen molar-refractivity contribution in [1.29, 1.82) is 0 Å². The van der Waals surface area contributed by atoms with Crippen LogP contribution in [0.15, 0.2) is 71.8 Å². The van der Waals surface area contributed by atoms with E-state index in [1.807, 2.05) is 48.5 Å². The Morgan fingerprint density at radius 2 is 1.80 bits per heavy atom. The lowest BCUT2D eigenvalue weighted by atomic mass is 10.1. The number of benzene rings is 2. The maximum atomic E-state index is 12.7. The number of carbonyl (C=O) groups is 2. The fraction of sp³-hybridized carbons (Fsp3) is 0.0909. The first-order valence-corrected chi connectivity index (χ1v) is 11.2. The summed E-state index contributed by atoms with van der Waals surface area (Å²) in [6.45, 7) is -0.135. The summed E-state index contributed by atoms with van der Waals surface area (Å²) in [6, 6.07) is 19.6. The van der Waals surface area contributed by atoms with Gasteiger partial charge in [0.1, 0.15) is 10.9 Å². The number of hydrogen-bond donors (Lipinski definition) is 1. The van der Waals surface area contributed by atoms with Gasteiger partial charge in [0.15, 0.2) is 5.13 Å². The molecule has 2 amide bonds. The molecule has 30 heavy (non-hydrogen) atoms. The van der Waals surface area contributed by atoms with E-state index in [4.69, 9.17) is 12.2 Å². The van der Waals surface area contributed by atoms with Crippen molar-refractivity contribution in [2.24, 2.45) is 0 Å². The molecule has 1 fully saturated rings. The molecule has 4 rings (SSSR count). The third-order valence-electron chi connectivity index (χ3n) is 4.29. The maximum Gasteiger partial charge on any atom is 0.266 e. The minimum atomic E-state index is -0.326. The molecule has 8 heteroatoms. The van der Waals surface area contributed by atoms with E-state index in [0.717, 1.165) is 16.9 Å². The van der Waals surface area contributed by atoms with Gasteiger partial charge < -0.3 is 5.32 Å². The van der Waals surface area contributed by atoms with Crippen LogP contribution in [-0.4, -0.2) is 32.6 Å². The number of nitrogens with one attached hydrogen (secondary N) is 1. The lowest BCUT2D eigenvalue weighted by Gasteiger charge is -2.13. The number of hydrogen-bond acceptors (Lipinski definition) is 6. The summed E-state index contributed by atoms with van der Waals surface area (Å²) in [4.78, 5) is 32.3. The Morgan fingerprint density at radius 3 is 2.53 bits per heavy atom. The molecule has 1 aliphatic rings. The fourth-order valence-electron chi connectivity index (χ4n) is 2.88. The average molecular weight is 452 g/mol. The van der Waals surface area contributed by atoms with Crippen LogP contribution in [0.25, 0.3) is 6.08 Å². The van der Waals surface area contributed by atoms with E-state index >= 15 is 0 Å². The van der Waals surface area contributed by atoms with Crippen molar-refractivity contribution in [2.45, 2.75) is 6.42 Å². The van der Waals surface area contributed by atoms with Gasteiger partial charge in [0.25, 0.3) is 5.91 Å². The Kier molecular flexibility index (Phi) is 6.37. The first-order valence-electron chi connectivity index (χ1n) is 9.17. The first kappa shape index (κ1) is 20.5. The van der Waals surface area contributed by atoms with Crippen LogP contribution >= 0.6 is 35.3 Å². The smallest absolute Gasteiger partial charge is 0.266 e. The molecule has 0 saturated carbocycles. The standard InChI is InChI=1S/C22H17N3O2S3/c26-19(24-21-23-13-17(29-21)11-15-7-3-1-4-8-15)14-25-20(27)18(30-22(25)28)12-16-9-5-2-6-10-16/h1-10,12-13H,11,14H2,(H,23,24,26)/b18-12+. The Labute approximate surface area is 187 Å². The number of aromatic nitrogens is 1. The highest BCUT2D eigenvalue weighted by molar-refractivity contribution is 8.26. The number of thiocarbonyl (C=S) groups is 1. The van der Waals surface area contributed by atoms with Crippen molar-refractivity contribution < 1.29 is 9.59 Å². The van der Waals surface area contributed by atoms with Gasteiger partial charge in [-0.2, -0.15) is 0 Å². The molecule has 0 atom stereocenters. The van der Waals surface area contributed by atoms with Crippen molar-refractivity contribution in [3.63, 3.8) is 0 Å².